The fourth-order valence-electron chi connectivity index (χ4n) is 2.07. The third-order valence-corrected chi connectivity index (χ3v) is 3.10. The predicted octanol–water partition coefficient (Wildman–Crippen LogP) is -0.958. The van der Waals surface area contributed by atoms with E-state index in [9.17, 15) is 19.5 Å². The number of rotatable bonds is 2. The highest BCUT2D eigenvalue weighted by molar-refractivity contribution is 5.67. The molecule has 2 aromatic heterocycles. The average molecular weight is 289 g/mol. The number of nitrogens with zero attached hydrogens (tertiary/aromatic N) is 1. The van der Waals surface area contributed by atoms with Gasteiger partial charge in [-0.3, -0.25) is 24.3 Å². The zero-order valence-corrected chi connectivity index (χ0v) is 10.6. The lowest BCUT2D eigenvalue weighted by molar-refractivity contribution is 0.465. The molecule has 0 bridgehead atoms. The number of aromatic amines is 3. The Balaban J connectivity index is 2.18. The molecule has 0 atom stereocenters. The minimum atomic E-state index is -0.695. The largest absolute Gasteiger partial charge is 0.508 e. The normalized spacial score (nSPS) is 11.0. The molecule has 3 aromatic rings. The molecule has 108 valence electrons. The highest BCUT2D eigenvalue weighted by Gasteiger charge is 2.12. The van der Waals surface area contributed by atoms with Gasteiger partial charge in [0.25, 0.3) is 5.56 Å². The predicted molar refractivity (Wildman–Crippen MR) is 75.4 cm³/mol. The van der Waals surface area contributed by atoms with Crippen molar-refractivity contribution in [3.63, 3.8) is 0 Å². The van der Waals surface area contributed by atoms with E-state index >= 15 is 0 Å². The maximum absolute atomic E-state index is 12.2. The Hall–Kier alpha value is -3.23. The van der Waals surface area contributed by atoms with Crippen LogP contribution in [0, 0.1) is 0 Å². The van der Waals surface area contributed by atoms with Gasteiger partial charge in [0.1, 0.15) is 11.4 Å². The molecule has 0 saturated carbocycles. The van der Waals surface area contributed by atoms with Crippen LogP contribution in [0.3, 0.4) is 0 Å². The molecule has 1 aromatic carbocycles. The van der Waals surface area contributed by atoms with Crippen LogP contribution in [-0.4, -0.2) is 24.6 Å². The summed E-state index contributed by atoms with van der Waals surface area (Å²) in [4.78, 5) is 42.3. The van der Waals surface area contributed by atoms with E-state index in [4.69, 9.17) is 5.73 Å². The molecule has 0 radical (unpaired) electrons. The number of fused-ring (bicyclic) bond motifs is 1. The Morgan fingerprint density at radius 1 is 1.14 bits per heavy atom. The molecule has 0 aliphatic heterocycles. The second-order valence-corrected chi connectivity index (χ2v) is 4.54. The Labute approximate surface area is 115 Å². The van der Waals surface area contributed by atoms with Gasteiger partial charge in [-0.25, -0.2) is 9.59 Å². The third-order valence-electron chi connectivity index (χ3n) is 3.10. The number of anilines is 1. The second-order valence-electron chi connectivity index (χ2n) is 4.54. The van der Waals surface area contributed by atoms with Gasteiger partial charge in [-0.05, 0) is 6.07 Å². The maximum Gasteiger partial charge on any atom is 0.330 e. The highest BCUT2D eigenvalue weighted by atomic mass is 16.3. The van der Waals surface area contributed by atoms with E-state index in [1.165, 1.54) is 12.1 Å². The summed E-state index contributed by atoms with van der Waals surface area (Å²) in [7, 11) is 0. The summed E-state index contributed by atoms with van der Waals surface area (Å²) < 4.78 is 0.872. The Bertz CT molecular complexity index is 1010. The van der Waals surface area contributed by atoms with Crippen LogP contribution in [0.5, 0.6) is 5.75 Å². The fourth-order valence-corrected chi connectivity index (χ4v) is 2.07. The SMILES string of the molecule is Nc1ccc(Cn2c(=O)[nH]c3[nH]c(=O)[nH]c3c2=O)c(O)c1. The molecule has 21 heavy (non-hydrogen) atoms. The van der Waals surface area contributed by atoms with E-state index in [-0.39, 0.29) is 23.5 Å². The van der Waals surface area contributed by atoms with Crippen LogP contribution in [0.2, 0.25) is 0 Å². The minimum Gasteiger partial charge on any atom is -0.508 e. The van der Waals surface area contributed by atoms with Gasteiger partial charge in [0, 0.05) is 17.3 Å². The summed E-state index contributed by atoms with van der Waals surface area (Å²) in [6.07, 6.45) is 0. The van der Waals surface area contributed by atoms with E-state index in [2.05, 4.69) is 15.0 Å². The molecule has 0 saturated heterocycles. The Morgan fingerprint density at radius 2 is 1.90 bits per heavy atom. The molecule has 9 heteroatoms. The summed E-state index contributed by atoms with van der Waals surface area (Å²) in [6.45, 7) is -0.149. The smallest absolute Gasteiger partial charge is 0.330 e. The van der Waals surface area contributed by atoms with Crippen molar-refractivity contribution in [2.45, 2.75) is 6.54 Å². The minimum absolute atomic E-state index is 0.0328. The second kappa shape index (κ2) is 4.40. The van der Waals surface area contributed by atoms with Gasteiger partial charge < -0.3 is 10.8 Å². The van der Waals surface area contributed by atoms with Gasteiger partial charge in [-0.2, -0.15) is 0 Å². The molecular formula is C12H11N5O4. The number of aromatic hydroxyl groups is 1. The van der Waals surface area contributed by atoms with E-state index in [1.807, 2.05) is 0 Å². The summed E-state index contributed by atoms with van der Waals surface area (Å²) >= 11 is 0. The van der Waals surface area contributed by atoms with Crippen LogP contribution >= 0.6 is 0 Å². The van der Waals surface area contributed by atoms with Crippen LogP contribution in [0.4, 0.5) is 5.69 Å². The van der Waals surface area contributed by atoms with Crippen molar-refractivity contribution < 1.29 is 5.11 Å². The van der Waals surface area contributed by atoms with Crippen molar-refractivity contribution in [1.29, 1.82) is 0 Å². The molecule has 0 aliphatic rings. The number of hydrogen-bond acceptors (Lipinski definition) is 5. The molecule has 0 spiro atoms. The fraction of sp³-hybridized carbons (Fsp3) is 0.0833. The van der Waals surface area contributed by atoms with Crippen LogP contribution in [-0.2, 0) is 6.54 Å². The van der Waals surface area contributed by atoms with E-state index in [0.29, 0.717) is 11.3 Å². The molecule has 0 amide bonds. The number of phenolic OH excluding ortho intramolecular Hbond substituents is 1. The summed E-state index contributed by atoms with van der Waals surface area (Å²) in [6, 6.07) is 4.39. The first kappa shape index (κ1) is 12.8. The van der Waals surface area contributed by atoms with Crippen molar-refractivity contribution >= 4 is 16.9 Å². The number of nitrogens with two attached hydrogens (primary N) is 1. The summed E-state index contributed by atoms with van der Waals surface area (Å²) in [5.74, 6) is -0.121. The quantitative estimate of drug-likeness (QED) is 0.385. The standard InChI is InChI=1S/C12H11N5O4/c13-6-2-1-5(7(18)3-6)4-17-10(19)8-9(16-12(17)21)15-11(20)14-8/h1-3,18H,4,13H2,(H,16,21)(H2,14,15,20). The topological polar surface area (TPSA) is 150 Å². The van der Waals surface area contributed by atoms with Crippen molar-refractivity contribution in [3.8, 4) is 5.75 Å². The monoisotopic (exact) mass is 289 g/mol. The van der Waals surface area contributed by atoms with Gasteiger partial charge in [-0.1, -0.05) is 6.07 Å². The van der Waals surface area contributed by atoms with E-state index < -0.39 is 16.9 Å². The van der Waals surface area contributed by atoms with Crippen molar-refractivity contribution in [2.75, 3.05) is 5.73 Å². The van der Waals surface area contributed by atoms with Crippen LogP contribution < -0.4 is 22.7 Å². The van der Waals surface area contributed by atoms with E-state index in [1.54, 1.807) is 6.07 Å². The van der Waals surface area contributed by atoms with E-state index in [0.717, 1.165) is 4.57 Å². The first-order chi connectivity index (χ1) is 9.95. The molecule has 0 aliphatic carbocycles. The first-order valence-electron chi connectivity index (χ1n) is 5.98. The maximum atomic E-state index is 12.2. The molecule has 2 heterocycles. The van der Waals surface area contributed by atoms with Crippen molar-refractivity contribution in [3.05, 3.63) is 55.1 Å². The van der Waals surface area contributed by atoms with Crippen molar-refractivity contribution in [2.24, 2.45) is 0 Å². The van der Waals surface area contributed by atoms with Gasteiger partial charge in [0.05, 0.1) is 6.54 Å². The van der Waals surface area contributed by atoms with Gasteiger partial charge in [0.2, 0.25) is 0 Å². The summed E-state index contributed by atoms with van der Waals surface area (Å²) in [5.41, 5.74) is 4.29. The van der Waals surface area contributed by atoms with Gasteiger partial charge >= 0.3 is 11.4 Å². The zero-order chi connectivity index (χ0) is 15.1. The van der Waals surface area contributed by atoms with Crippen LogP contribution in [0.15, 0.2) is 32.6 Å². The number of benzene rings is 1. The molecule has 0 unspecified atom stereocenters. The lowest BCUT2D eigenvalue weighted by Crippen LogP contribution is -2.35. The average Bonchev–Trinajstić information content (AvgIpc) is 2.77. The molecule has 3 rings (SSSR count). The molecular weight excluding hydrogens is 278 g/mol. The number of imidazole rings is 1. The van der Waals surface area contributed by atoms with Crippen LogP contribution in [0.1, 0.15) is 5.56 Å². The van der Waals surface area contributed by atoms with Crippen LogP contribution in [0.25, 0.3) is 11.2 Å². The number of H-pyrrole nitrogens is 3. The molecule has 0 fully saturated rings. The van der Waals surface area contributed by atoms with Gasteiger partial charge in [0.15, 0.2) is 5.52 Å². The number of nitrogens with one attached hydrogen (secondary N) is 3. The highest BCUT2D eigenvalue weighted by Crippen LogP contribution is 2.20. The summed E-state index contributed by atoms with van der Waals surface area (Å²) in [5, 5.41) is 9.78. The first-order valence-corrected chi connectivity index (χ1v) is 5.98. The lowest BCUT2D eigenvalue weighted by atomic mass is 10.2. The molecule has 9 nitrogen and oxygen atoms in total. The zero-order valence-electron chi connectivity index (χ0n) is 10.6. The number of aromatic nitrogens is 4. The Morgan fingerprint density at radius 3 is 2.62 bits per heavy atom. The van der Waals surface area contributed by atoms with Gasteiger partial charge in [-0.15, -0.1) is 0 Å². The van der Waals surface area contributed by atoms with Crippen molar-refractivity contribution in [1.82, 2.24) is 19.5 Å². The number of phenols is 1. The Kier molecular flexibility index (Phi) is 2.68. The number of hydrogen-bond donors (Lipinski definition) is 5. The molecule has 6 N–H and O–H groups in total. The third kappa shape index (κ3) is 2.10. The number of nitrogen functional groups attached to an aromatic ring is 1. The lowest BCUT2D eigenvalue weighted by Gasteiger charge is -2.07.